The van der Waals surface area contributed by atoms with Gasteiger partial charge in [-0.25, -0.2) is 0 Å². The molecule has 0 spiro atoms. The molecule has 1 unspecified atom stereocenters. The Morgan fingerprint density at radius 1 is 1.29 bits per heavy atom. The van der Waals surface area contributed by atoms with E-state index in [4.69, 9.17) is 16.3 Å². The van der Waals surface area contributed by atoms with E-state index in [1.807, 2.05) is 30.5 Å². The van der Waals surface area contributed by atoms with E-state index in [-0.39, 0.29) is 29.5 Å². The summed E-state index contributed by atoms with van der Waals surface area (Å²) >= 11 is 6.18. The number of anilines is 1. The molecule has 1 aromatic carbocycles. The van der Waals surface area contributed by atoms with Crippen molar-refractivity contribution in [3.05, 3.63) is 58.0 Å². The fourth-order valence-corrected chi connectivity index (χ4v) is 3.82. The van der Waals surface area contributed by atoms with Gasteiger partial charge in [0.2, 0.25) is 5.56 Å². The third kappa shape index (κ3) is 7.31. The Morgan fingerprint density at radius 3 is 2.87 bits per heavy atom. The molecule has 31 heavy (non-hydrogen) atoms. The summed E-state index contributed by atoms with van der Waals surface area (Å²) in [6.45, 7) is 3.32. The highest BCUT2D eigenvalue weighted by Gasteiger charge is 2.25. The first-order chi connectivity index (χ1) is 14.6. The van der Waals surface area contributed by atoms with E-state index in [0.717, 1.165) is 62.8 Å². The molecule has 1 aliphatic heterocycles. The van der Waals surface area contributed by atoms with Crippen molar-refractivity contribution in [1.82, 2.24) is 15.2 Å². The van der Waals surface area contributed by atoms with Gasteiger partial charge in [0, 0.05) is 56.6 Å². The fraction of sp³-hybridized carbons (Fsp3) is 0.455. The van der Waals surface area contributed by atoms with Gasteiger partial charge in [-0.05, 0) is 43.5 Å². The average Bonchev–Trinajstić information content (AvgIpc) is 3.22. The molecule has 1 aromatic heterocycles. The SMILES string of the molecule is CN=C(NCCCCn1ccccc1=O)NC1CCN(c2cc(Cl)ccc2OC)C1.I. The van der Waals surface area contributed by atoms with Gasteiger partial charge in [0.15, 0.2) is 5.96 Å². The second-order valence-electron chi connectivity index (χ2n) is 7.33. The number of nitrogens with one attached hydrogen (secondary N) is 2. The summed E-state index contributed by atoms with van der Waals surface area (Å²) in [5.74, 6) is 1.64. The van der Waals surface area contributed by atoms with Gasteiger partial charge in [0.05, 0.1) is 12.8 Å². The Labute approximate surface area is 205 Å². The number of pyridine rings is 1. The van der Waals surface area contributed by atoms with Gasteiger partial charge in [0.25, 0.3) is 0 Å². The van der Waals surface area contributed by atoms with Gasteiger partial charge < -0.3 is 24.8 Å². The molecule has 0 bridgehead atoms. The maximum Gasteiger partial charge on any atom is 0.250 e. The van der Waals surface area contributed by atoms with Gasteiger partial charge in [0.1, 0.15) is 5.75 Å². The summed E-state index contributed by atoms with van der Waals surface area (Å²) < 4.78 is 7.23. The van der Waals surface area contributed by atoms with E-state index in [1.165, 1.54) is 0 Å². The molecule has 0 saturated carbocycles. The van der Waals surface area contributed by atoms with Crippen LogP contribution in [0.25, 0.3) is 0 Å². The van der Waals surface area contributed by atoms with E-state index in [1.54, 1.807) is 30.9 Å². The smallest absolute Gasteiger partial charge is 0.250 e. The second-order valence-corrected chi connectivity index (χ2v) is 7.77. The summed E-state index contributed by atoms with van der Waals surface area (Å²) in [7, 11) is 3.46. The molecule has 1 fully saturated rings. The molecule has 1 atom stereocenters. The molecule has 1 saturated heterocycles. The zero-order chi connectivity index (χ0) is 21.3. The number of guanidine groups is 1. The Morgan fingerprint density at radius 2 is 2.13 bits per heavy atom. The third-order valence-corrected chi connectivity index (χ3v) is 5.49. The van der Waals surface area contributed by atoms with E-state index in [9.17, 15) is 4.79 Å². The average molecular weight is 560 g/mol. The predicted molar refractivity (Wildman–Crippen MR) is 138 cm³/mol. The number of nitrogens with zero attached hydrogens (tertiary/aromatic N) is 3. The highest BCUT2D eigenvalue weighted by Crippen LogP contribution is 2.33. The van der Waals surface area contributed by atoms with Crippen molar-refractivity contribution < 1.29 is 4.74 Å². The van der Waals surface area contributed by atoms with Crippen LogP contribution in [0.5, 0.6) is 5.75 Å². The number of aromatic nitrogens is 1. The Hall–Kier alpha value is -1.94. The summed E-state index contributed by atoms with van der Waals surface area (Å²) in [5.41, 5.74) is 1.07. The minimum atomic E-state index is 0. The quantitative estimate of drug-likeness (QED) is 0.225. The number of unbranched alkanes of at least 4 members (excludes halogenated alkanes) is 1. The second kappa shape index (κ2) is 12.8. The lowest BCUT2D eigenvalue weighted by Crippen LogP contribution is -2.44. The van der Waals surface area contributed by atoms with E-state index < -0.39 is 0 Å². The van der Waals surface area contributed by atoms with Crippen LogP contribution in [-0.4, -0.2) is 50.4 Å². The number of hydrogen-bond acceptors (Lipinski definition) is 4. The van der Waals surface area contributed by atoms with Crippen LogP contribution >= 0.6 is 35.6 Å². The molecule has 0 radical (unpaired) electrons. The molecular weight excluding hydrogens is 529 g/mol. The summed E-state index contributed by atoms with van der Waals surface area (Å²) in [6, 6.07) is 11.2. The molecule has 0 aliphatic carbocycles. The topological polar surface area (TPSA) is 70.9 Å². The van der Waals surface area contributed by atoms with Crippen LogP contribution in [0.4, 0.5) is 5.69 Å². The van der Waals surface area contributed by atoms with Crippen molar-refractivity contribution in [2.75, 3.05) is 38.7 Å². The molecule has 1 aliphatic rings. The Kier molecular flexibility index (Phi) is 10.5. The number of rotatable bonds is 8. The molecule has 170 valence electrons. The first kappa shape index (κ1) is 25.3. The van der Waals surface area contributed by atoms with Crippen LogP contribution in [0.15, 0.2) is 52.4 Å². The zero-order valence-electron chi connectivity index (χ0n) is 18.0. The van der Waals surface area contributed by atoms with Gasteiger partial charge in [-0.1, -0.05) is 17.7 Å². The summed E-state index contributed by atoms with van der Waals surface area (Å²) in [5, 5.41) is 7.58. The predicted octanol–water partition coefficient (Wildman–Crippen LogP) is 3.35. The fourth-order valence-electron chi connectivity index (χ4n) is 3.65. The van der Waals surface area contributed by atoms with Crippen LogP contribution in [0.2, 0.25) is 5.02 Å². The van der Waals surface area contributed by atoms with Crippen molar-refractivity contribution in [2.45, 2.75) is 31.8 Å². The molecule has 2 heterocycles. The van der Waals surface area contributed by atoms with Gasteiger partial charge in [-0.3, -0.25) is 9.79 Å². The molecular formula is C22H31ClIN5O2. The van der Waals surface area contributed by atoms with Crippen LogP contribution in [0.3, 0.4) is 0 Å². The molecule has 7 nitrogen and oxygen atoms in total. The van der Waals surface area contributed by atoms with Gasteiger partial charge in [-0.2, -0.15) is 0 Å². The van der Waals surface area contributed by atoms with Crippen LogP contribution in [0.1, 0.15) is 19.3 Å². The number of aliphatic imine (C=N–C) groups is 1. The van der Waals surface area contributed by atoms with Crippen molar-refractivity contribution >= 4 is 47.2 Å². The highest BCUT2D eigenvalue weighted by molar-refractivity contribution is 14.0. The zero-order valence-corrected chi connectivity index (χ0v) is 21.1. The summed E-state index contributed by atoms with van der Waals surface area (Å²) in [4.78, 5) is 18.3. The minimum absolute atomic E-state index is 0. The van der Waals surface area contributed by atoms with E-state index in [2.05, 4.69) is 20.5 Å². The minimum Gasteiger partial charge on any atom is -0.495 e. The number of aryl methyl sites for hydroxylation is 1. The third-order valence-electron chi connectivity index (χ3n) is 5.25. The number of hydrogen-bond donors (Lipinski definition) is 2. The maximum atomic E-state index is 11.7. The standard InChI is InChI=1S/C22H30ClN5O2.HI/c1-24-22(25-11-4-6-13-27-12-5-3-7-21(27)29)26-18-10-14-28(16-18)19-15-17(23)8-9-20(19)30-2;/h3,5,7-9,12,15,18H,4,6,10-11,13-14,16H2,1-2H3,(H2,24,25,26);1H. The van der Waals surface area contributed by atoms with E-state index in [0.29, 0.717) is 11.1 Å². The lowest BCUT2D eigenvalue weighted by molar-refractivity contribution is 0.415. The van der Waals surface area contributed by atoms with Crippen molar-refractivity contribution in [2.24, 2.45) is 4.99 Å². The number of ether oxygens (including phenoxy) is 1. The Bertz CT molecular complexity index is 921. The lowest BCUT2D eigenvalue weighted by atomic mass is 10.2. The van der Waals surface area contributed by atoms with E-state index >= 15 is 0 Å². The van der Waals surface area contributed by atoms with Crippen LogP contribution in [-0.2, 0) is 6.54 Å². The molecule has 9 heteroatoms. The molecule has 3 rings (SSSR count). The Balaban J connectivity index is 0.00000341. The highest BCUT2D eigenvalue weighted by atomic mass is 127. The molecule has 2 aromatic rings. The van der Waals surface area contributed by atoms with Crippen LogP contribution in [0, 0.1) is 0 Å². The van der Waals surface area contributed by atoms with Gasteiger partial charge in [-0.15, -0.1) is 24.0 Å². The molecule has 2 N–H and O–H groups in total. The maximum absolute atomic E-state index is 11.7. The van der Waals surface area contributed by atoms with Crippen molar-refractivity contribution in [3.63, 3.8) is 0 Å². The normalized spacial score (nSPS) is 16.0. The van der Waals surface area contributed by atoms with Gasteiger partial charge >= 0.3 is 0 Å². The van der Waals surface area contributed by atoms with Crippen molar-refractivity contribution in [1.29, 1.82) is 0 Å². The van der Waals surface area contributed by atoms with Crippen molar-refractivity contribution in [3.8, 4) is 5.75 Å². The monoisotopic (exact) mass is 559 g/mol. The van der Waals surface area contributed by atoms with Crippen LogP contribution < -0.4 is 25.8 Å². The number of methoxy groups -OCH3 is 1. The largest absolute Gasteiger partial charge is 0.495 e. The lowest BCUT2D eigenvalue weighted by Gasteiger charge is -2.22. The molecule has 0 amide bonds. The first-order valence-electron chi connectivity index (χ1n) is 10.3. The number of halogens is 2. The first-order valence-corrected chi connectivity index (χ1v) is 10.7. The summed E-state index contributed by atoms with van der Waals surface area (Å²) in [6.07, 6.45) is 4.72. The number of benzene rings is 1.